The van der Waals surface area contributed by atoms with Crippen LogP contribution in [0, 0.1) is 10.9 Å². The molecule has 2 heterocycles. The van der Waals surface area contributed by atoms with E-state index in [4.69, 9.17) is 17.2 Å². The molecule has 0 saturated carbocycles. The fraction of sp³-hybridized carbons (Fsp3) is 0.250. The molecule has 4 rings (SSSR count). The van der Waals surface area contributed by atoms with Gasteiger partial charge in [-0.3, -0.25) is 18.7 Å². The van der Waals surface area contributed by atoms with Crippen LogP contribution in [-0.4, -0.2) is 25.8 Å². The summed E-state index contributed by atoms with van der Waals surface area (Å²) in [4.78, 5) is 30.2. The summed E-state index contributed by atoms with van der Waals surface area (Å²) in [7, 11) is 1.67. The average molecular weight is 497 g/mol. The maximum absolute atomic E-state index is 13.0. The van der Waals surface area contributed by atoms with E-state index in [1.54, 1.807) is 7.05 Å². The molecule has 0 aliphatic heterocycles. The quantitative estimate of drug-likeness (QED) is 0.211. The Morgan fingerprint density at radius 1 is 1.15 bits per heavy atom. The molecule has 2 aromatic carbocycles. The van der Waals surface area contributed by atoms with Crippen molar-refractivity contribution in [1.29, 1.82) is 0 Å². The van der Waals surface area contributed by atoms with Crippen LogP contribution >= 0.6 is 35.3 Å². The summed E-state index contributed by atoms with van der Waals surface area (Å²) in [6, 6.07) is 15.7. The standard InChI is InChI=1S/C24H24N4O2S3/c1-14(2)16-7-9-17(10-8-16)25-19(29)13-32-23-26-21-20(22(30)27(23)4)33-24(31)28(21)18-11-5-15(3)6-12-18/h5-12,14H,13H2,1-4H3,(H,25,29). The van der Waals surface area contributed by atoms with Gasteiger partial charge in [0, 0.05) is 18.4 Å². The molecule has 0 radical (unpaired) electrons. The zero-order valence-corrected chi connectivity index (χ0v) is 21.2. The third-order valence-corrected chi connectivity index (χ3v) is 7.64. The van der Waals surface area contributed by atoms with Gasteiger partial charge in [0.2, 0.25) is 5.91 Å². The highest BCUT2D eigenvalue weighted by molar-refractivity contribution is 7.99. The number of amides is 1. The van der Waals surface area contributed by atoms with Crippen molar-refractivity contribution in [3.63, 3.8) is 0 Å². The van der Waals surface area contributed by atoms with E-state index in [0.29, 0.717) is 25.4 Å². The molecular formula is C24H24N4O2S3. The Kier molecular flexibility index (Phi) is 6.83. The van der Waals surface area contributed by atoms with E-state index < -0.39 is 0 Å². The van der Waals surface area contributed by atoms with Crippen LogP contribution < -0.4 is 10.9 Å². The van der Waals surface area contributed by atoms with Crippen molar-refractivity contribution in [3.05, 3.63) is 74.0 Å². The fourth-order valence-electron chi connectivity index (χ4n) is 3.34. The van der Waals surface area contributed by atoms with E-state index >= 15 is 0 Å². The number of hydrogen-bond donors (Lipinski definition) is 1. The SMILES string of the molecule is Cc1ccc(-n2c(=S)sc3c(=O)n(C)c(SCC(=O)Nc4ccc(C(C)C)cc4)nc32)cc1. The van der Waals surface area contributed by atoms with Crippen LogP contribution in [0.2, 0.25) is 0 Å². The van der Waals surface area contributed by atoms with Gasteiger partial charge in [-0.15, -0.1) is 0 Å². The lowest BCUT2D eigenvalue weighted by molar-refractivity contribution is -0.113. The van der Waals surface area contributed by atoms with Crippen molar-refractivity contribution in [2.45, 2.75) is 31.8 Å². The lowest BCUT2D eigenvalue weighted by Crippen LogP contribution is -2.21. The molecule has 0 aliphatic carbocycles. The number of benzene rings is 2. The van der Waals surface area contributed by atoms with Gasteiger partial charge in [0.05, 0.1) is 5.75 Å². The largest absolute Gasteiger partial charge is 0.325 e. The Labute approximate surface area is 205 Å². The molecule has 33 heavy (non-hydrogen) atoms. The van der Waals surface area contributed by atoms with E-state index in [0.717, 1.165) is 16.9 Å². The number of anilines is 1. The number of carbonyl (C=O) groups excluding carboxylic acids is 1. The van der Waals surface area contributed by atoms with E-state index in [1.165, 1.54) is 33.2 Å². The molecule has 0 unspecified atom stereocenters. The number of thioether (sulfide) groups is 1. The number of thiazole rings is 1. The summed E-state index contributed by atoms with van der Waals surface area (Å²) < 4.78 is 4.35. The molecule has 9 heteroatoms. The highest BCUT2D eigenvalue weighted by atomic mass is 32.2. The smallest absolute Gasteiger partial charge is 0.273 e. The summed E-state index contributed by atoms with van der Waals surface area (Å²) in [5.74, 6) is 0.406. The monoisotopic (exact) mass is 496 g/mol. The first-order valence-corrected chi connectivity index (χ1v) is 12.7. The van der Waals surface area contributed by atoms with Crippen LogP contribution in [0.3, 0.4) is 0 Å². The lowest BCUT2D eigenvalue weighted by atomic mass is 10.0. The number of aromatic nitrogens is 3. The topological polar surface area (TPSA) is 68.9 Å². The fourth-order valence-corrected chi connectivity index (χ4v) is 5.45. The number of aryl methyl sites for hydroxylation is 1. The highest BCUT2D eigenvalue weighted by Crippen LogP contribution is 2.26. The van der Waals surface area contributed by atoms with Crippen molar-refractivity contribution < 1.29 is 4.79 Å². The van der Waals surface area contributed by atoms with E-state index in [9.17, 15) is 9.59 Å². The van der Waals surface area contributed by atoms with Gasteiger partial charge < -0.3 is 5.32 Å². The van der Waals surface area contributed by atoms with Gasteiger partial charge in [-0.25, -0.2) is 4.98 Å². The number of rotatable bonds is 6. The van der Waals surface area contributed by atoms with E-state index in [-0.39, 0.29) is 17.2 Å². The minimum atomic E-state index is -0.172. The Morgan fingerprint density at radius 2 is 1.82 bits per heavy atom. The number of hydrogen-bond acceptors (Lipinski definition) is 6. The molecule has 0 saturated heterocycles. The molecule has 0 spiro atoms. The molecule has 1 amide bonds. The summed E-state index contributed by atoms with van der Waals surface area (Å²) in [5, 5.41) is 3.37. The van der Waals surface area contributed by atoms with Crippen molar-refractivity contribution >= 4 is 57.3 Å². The minimum Gasteiger partial charge on any atom is -0.325 e. The van der Waals surface area contributed by atoms with Gasteiger partial charge in [-0.05, 0) is 54.9 Å². The van der Waals surface area contributed by atoms with Gasteiger partial charge in [0.15, 0.2) is 14.8 Å². The zero-order valence-electron chi connectivity index (χ0n) is 18.8. The number of fused-ring (bicyclic) bond motifs is 1. The van der Waals surface area contributed by atoms with Gasteiger partial charge in [-0.1, -0.05) is 66.8 Å². The molecule has 170 valence electrons. The van der Waals surface area contributed by atoms with Crippen LogP contribution in [0.1, 0.15) is 30.9 Å². The van der Waals surface area contributed by atoms with Crippen molar-refractivity contribution in [3.8, 4) is 5.69 Å². The molecule has 6 nitrogen and oxygen atoms in total. The Morgan fingerprint density at radius 3 is 2.45 bits per heavy atom. The van der Waals surface area contributed by atoms with Crippen molar-refractivity contribution in [1.82, 2.24) is 14.1 Å². The maximum Gasteiger partial charge on any atom is 0.273 e. The maximum atomic E-state index is 13.0. The molecule has 0 atom stereocenters. The highest BCUT2D eigenvalue weighted by Gasteiger charge is 2.17. The van der Waals surface area contributed by atoms with Crippen LogP contribution in [0.4, 0.5) is 5.69 Å². The average Bonchev–Trinajstić information content (AvgIpc) is 3.12. The lowest BCUT2D eigenvalue weighted by Gasteiger charge is -2.10. The van der Waals surface area contributed by atoms with Gasteiger partial charge in [0.25, 0.3) is 5.56 Å². The van der Waals surface area contributed by atoms with Crippen LogP contribution in [-0.2, 0) is 11.8 Å². The first kappa shape index (κ1) is 23.4. The first-order valence-electron chi connectivity index (χ1n) is 10.5. The van der Waals surface area contributed by atoms with Gasteiger partial charge in [-0.2, -0.15) is 0 Å². The minimum absolute atomic E-state index is 0.132. The number of carbonyl (C=O) groups is 1. The Hall–Kier alpha value is -2.75. The summed E-state index contributed by atoms with van der Waals surface area (Å²) >= 11 is 8.01. The van der Waals surface area contributed by atoms with E-state index in [1.807, 2.05) is 60.0 Å². The van der Waals surface area contributed by atoms with Gasteiger partial charge in [0.1, 0.15) is 4.70 Å². The third kappa shape index (κ3) is 4.95. The Bertz CT molecular complexity index is 1430. The number of nitrogens with one attached hydrogen (secondary N) is 1. The first-order chi connectivity index (χ1) is 15.7. The normalized spacial score (nSPS) is 11.3. The van der Waals surface area contributed by atoms with Gasteiger partial charge >= 0.3 is 0 Å². The molecule has 2 aromatic heterocycles. The van der Waals surface area contributed by atoms with Crippen molar-refractivity contribution in [2.24, 2.45) is 7.05 Å². The molecule has 0 aliphatic rings. The molecular weight excluding hydrogens is 472 g/mol. The molecule has 4 aromatic rings. The van der Waals surface area contributed by atoms with E-state index in [2.05, 4.69) is 19.2 Å². The second kappa shape index (κ2) is 9.62. The van der Waals surface area contributed by atoms with Crippen LogP contribution in [0.5, 0.6) is 0 Å². The van der Waals surface area contributed by atoms with Crippen LogP contribution in [0.25, 0.3) is 16.0 Å². The molecule has 1 N–H and O–H groups in total. The second-order valence-corrected chi connectivity index (χ2v) is 10.7. The zero-order chi connectivity index (χ0) is 23.7. The second-order valence-electron chi connectivity index (χ2n) is 8.06. The predicted molar refractivity (Wildman–Crippen MR) is 140 cm³/mol. The third-order valence-electron chi connectivity index (χ3n) is 5.26. The van der Waals surface area contributed by atoms with Crippen molar-refractivity contribution in [2.75, 3.05) is 11.1 Å². The molecule has 0 bridgehead atoms. The predicted octanol–water partition coefficient (Wildman–Crippen LogP) is 5.68. The van der Waals surface area contributed by atoms with Crippen LogP contribution in [0.15, 0.2) is 58.5 Å². The summed E-state index contributed by atoms with van der Waals surface area (Å²) in [5.41, 5.74) is 4.30. The number of nitrogens with zero attached hydrogens (tertiary/aromatic N) is 3. The summed E-state index contributed by atoms with van der Waals surface area (Å²) in [6.45, 7) is 6.27. The summed E-state index contributed by atoms with van der Waals surface area (Å²) in [6.07, 6.45) is 0. The molecule has 0 fully saturated rings. The Balaban J connectivity index is 1.59.